The highest BCUT2D eigenvalue weighted by molar-refractivity contribution is 14.1. The van der Waals surface area contributed by atoms with Crippen molar-refractivity contribution < 1.29 is 31.8 Å². The highest BCUT2D eigenvalue weighted by Crippen LogP contribution is 2.37. The van der Waals surface area contributed by atoms with Gasteiger partial charge in [-0.15, -0.1) is 0 Å². The Balaban J connectivity index is 2.12. The van der Waals surface area contributed by atoms with Crippen LogP contribution in [-0.4, -0.2) is 15.4 Å². The minimum atomic E-state index is -3.42. The van der Waals surface area contributed by atoms with E-state index in [1.807, 2.05) is 6.92 Å². The Morgan fingerprint density at radius 3 is 1.84 bits per heavy atom. The summed E-state index contributed by atoms with van der Waals surface area (Å²) in [6.07, 6.45) is -3.42. The van der Waals surface area contributed by atoms with E-state index in [2.05, 4.69) is 37.1 Å². The van der Waals surface area contributed by atoms with Crippen LogP contribution in [0.5, 0.6) is 11.5 Å². The zero-order valence-corrected chi connectivity index (χ0v) is 24.9. The summed E-state index contributed by atoms with van der Waals surface area (Å²) in [6, 6.07) is 17.0. The molecule has 0 radical (unpaired) electrons. The molecular weight excluding hydrogens is 632 g/mol. The molecular formula is C28H29F4INO3P. The predicted octanol–water partition coefficient (Wildman–Crippen LogP) is 8.15. The van der Waals surface area contributed by atoms with Crippen LogP contribution in [0.15, 0.2) is 66.7 Å². The molecule has 0 fully saturated rings. The van der Waals surface area contributed by atoms with E-state index >= 15 is 0 Å². The minimum Gasteiger partial charge on any atom is -0.474 e. The summed E-state index contributed by atoms with van der Waals surface area (Å²) in [5.41, 5.74) is -0.163. The molecule has 3 rings (SSSR count). The third-order valence-corrected chi connectivity index (χ3v) is 6.11. The molecule has 0 heterocycles. The number of carbonyl (C=O) groups excluding carboxylic acids is 1. The molecule has 0 aliphatic heterocycles. The van der Waals surface area contributed by atoms with Crippen molar-refractivity contribution in [2.75, 3.05) is 0 Å². The third-order valence-electron chi connectivity index (χ3n) is 5.77. The van der Waals surface area contributed by atoms with Crippen molar-refractivity contribution in [2.45, 2.75) is 55.5 Å². The number of halogens is 5. The molecule has 4 nitrogen and oxygen atoms in total. The number of nitrogens with one attached hydrogen (secondary N) is 1. The lowest BCUT2D eigenvalue weighted by Crippen LogP contribution is -2.44. The summed E-state index contributed by atoms with van der Waals surface area (Å²) in [7, 11) is 2.56. The maximum absolute atomic E-state index is 14.2. The number of alkyl halides is 5. The lowest BCUT2D eigenvalue weighted by atomic mass is 9.84. The van der Waals surface area contributed by atoms with E-state index in [0.29, 0.717) is 29.4 Å². The van der Waals surface area contributed by atoms with Crippen molar-refractivity contribution in [3.63, 3.8) is 0 Å². The number of ether oxygens (including phenoxy) is 2. The highest BCUT2D eigenvalue weighted by Gasteiger charge is 2.34. The zero-order valence-electron chi connectivity index (χ0n) is 21.5. The Kier molecular flexibility index (Phi) is 8.73. The monoisotopic (exact) mass is 661 g/mol. The van der Waals surface area contributed by atoms with Crippen molar-refractivity contribution >= 4 is 37.7 Å². The smallest absolute Gasteiger partial charge is 0.394 e. The fourth-order valence-electron chi connectivity index (χ4n) is 4.02. The molecule has 0 spiro atoms. The van der Waals surface area contributed by atoms with Crippen LogP contribution >= 0.6 is 31.8 Å². The van der Waals surface area contributed by atoms with Gasteiger partial charge in [0.1, 0.15) is 11.5 Å². The summed E-state index contributed by atoms with van der Waals surface area (Å²) < 4.78 is 65.6. The first kappa shape index (κ1) is 30.2. The lowest BCUT2D eigenvalue weighted by Gasteiger charge is -2.33. The first-order valence-corrected chi connectivity index (χ1v) is 13.3. The van der Waals surface area contributed by atoms with Crippen LogP contribution in [0.1, 0.15) is 60.3 Å². The first-order valence-electron chi connectivity index (χ1n) is 11.6. The number of amides is 1. The van der Waals surface area contributed by atoms with Gasteiger partial charge in [-0.3, -0.25) is 4.79 Å². The van der Waals surface area contributed by atoms with Crippen molar-refractivity contribution in [1.29, 1.82) is 0 Å². The number of aryl methyl sites for hydroxylation is 1. The average molecular weight is 661 g/mol. The van der Waals surface area contributed by atoms with Gasteiger partial charge in [0.2, 0.25) is 0 Å². The second-order valence-electron chi connectivity index (χ2n) is 9.55. The van der Waals surface area contributed by atoms with Gasteiger partial charge in [-0.05, 0) is 96.5 Å². The number of hydrogen-bond donors (Lipinski definition) is 1. The Labute approximate surface area is 235 Å². The summed E-state index contributed by atoms with van der Waals surface area (Å²) >= 11 is 2.10. The Bertz CT molecular complexity index is 1260. The molecule has 1 amide bonds. The van der Waals surface area contributed by atoms with Crippen LogP contribution in [0.3, 0.4) is 0 Å². The SMILES string of the molecule is Cc1ccc(C(=O)NC(C)(c2cccc(OC(C)(F)F)c2)c2cccc(OC(C)(P)I)c2)cc1C(C)(F)F. The number of rotatable bonds is 9. The van der Waals surface area contributed by atoms with Crippen molar-refractivity contribution in [3.05, 3.63) is 94.5 Å². The fraction of sp³-hybridized carbons (Fsp3) is 0.321. The van der Waals surface area contributed by atoms with Crippen molar-refractivity contribution in [1.82, 2.24) is 5.32 Å². The molecule has 3 aromatic carbocycles. The van der Waals surface area contributed by atoms with Crippen LogP contribution in [0.4, 0.5) is 17.6 Å². The normalized spacial score (nSPS) is 15.2. The highest BCUT2D eigenvalue weighted by atomic mass is 127. The van der Waals surface area contributed by atoms with Crippen molar-refractivity contribution in [3.8, 4) is 11.5 Å². The Morgan fingerprint density at radius 2 is 1.37 bits per heavy atom. The van der Waals surface area contributed by atoms with E-state index in [9.17, 15) is 22.4 Å². The van der Waals surface area contributed by atoms with Gasteiger partial charge in [0.05, 0.1) is 5.54 Å². The van der Waals surface area contributed by atoms with Gasteiger partial charge in [0, 0.05) is 25.0 Å². The van der Waals surface area contributed by atoms with Gasteiger partial charge in [-0.2, -0.15) is 8.78 Å². The summed E-state index contributed by atoms with van der Waals surface area (Å²) in [4.78, 5) is 13.5. The molecule has 1 N–H and O–H groups in total. The largest absolute Gasteiger partial charge is 0.474 e. The van der Waals surface area contributed by atoms with Crippen LogP contribution in [0.25, 0.3) is 0 Å². The Morgan fingerprint density at radius 1 is 0.842 bits per heavy atom. The second kappa shape index (κ2) is 11.0. The van der Waals surface area contributed by atoms with E-state index in [1.54, 1.807) is 44.2 Å². The standard InChI is InChI=1S/C28H29F4INO3P/c1-17-12-13-18(14-23(17)26(3,29)30)24(35)34-25(2,19-8-6-10-21(15-19)36-27(4,31)32)20-9-7-11-22(16-20)37-28(5,33)38/h6-16H,38H2,1-5H3,(H,34,35). The van der Waals surface area contributed by atoms with Crippen LogP contribution in [0.2, 0.25) is 0 Å². The molecule has 3 unspecified atom stereocenters. The van der Waals surface area contributed by atoms with E-state index in [4.69, 9.17) is 9.47 Å². The molecule has 204 valence electrons. The van der Waals surface area contributed by atoms with E-state index in [0.717, 1.165) is 13.0 Å². The predicted molar refractivity (Wildman–Crippen MR) is 152 cm³/mol. The first-order chi connectivity index (χ1) is 17.4. The molecule has 0 aliphatic carbocycles. The third kappa shape index (κ3) is 7.82. The molecule has 0 saturated heterocycles. The van der Waals surface area contributed by atoms with Crippen LogP contribution < -0.4 is 14.8 Å². The van der Waals surface area contributed by atoms with E-state index < -0.39 is 26.8 Å². The number of carbonyl (C=O) groups is 1. The van der Waals surface area contributed by atoms with Crippen molar-refractivity contribution in [2.24, 2.45) is 0 Å². The molecule has 3 aromatic rings. The molecule has 38 heavy (non-hydrogen) atoms. The molecule has 0 bridgehead atoms. The van der Waals surface area contributed by atoms with Gasteiger partial charge in [-0.1, -0.05) is 39.6 Å². The maximum atomic E-state index is 14.2. The summed E-state index contributed by atoms with van der Waals surface area (Å²) in [6.45, 7) is 6.49. The molecule has 10 heteroatoms. The van der Waals surface area contributed by atoms with Crippen LogP contribution in [-0.2, 0) is 11.5 Å². The van der Waals surface area contributed by atoms with E-state index in [1.165, 1.54) is 30.3 Å². The fourth-order valence-corrected chi connectivity index (χ4v) is 4.42. The van der Waals surface area contributed by atoms with Gasteiger partial charge in [-0.25, -0.2) is 8.78 Å². The summed E-state index contributed by atoms with van der Waals surface area (Å²) in [5, 5.41) is 2.93. The van der Waals surface area contributed by atoms with Gasteiger partial charge in [0.15, 0.2) is 3.35 Å². The van der Waals surface area contributed by atoms with Gasteiger partial charge < -0.3 is 14.8 Å². The number of hydrogen-bond acceptors (Lipinski definition) is 3. The average Bonchev–Trinajstić information content (AvgIpc) is 2.76. The maximum Gasteiger partial charge on any atom is 0.394 e. The quantitative estimate of drug-likeness (QED) is 0.109. The lowest BCUT2D eigenvalue weighted by molar-refractivity contribution is -0.159. The van der Waals surface area contributed by atoms with Gasteiger partial charge >= 0.3 is 6.11 Å². The minimum absolute atomic E-state index is 0.0306. The van der Waals surface area contributed by atoms with Crippen LogP contribution in [0, 0.1) is 6.92 Å². The Hall–Kier alpha value is -2.39. The zero-order chi connectivity index (χ0) is 28.5. The second-order valence-corrected chi connectivity index (χ2v) is 14.0. The molecule has 0 aliphatic rings. The molecule has 3 atom stereocenters. The summed E-state index contributed by atoms with van der Waals surface area (Å²) in [5.74, 6) is -3.36. The molecule has 0 aromatic heterocycles. The number of benzene rings is 3. The van der Waals surface area contributed by atoms with E-state index in [-0.39, 0.29) is 16.9 Å². The molecule has 0 saturated carbocycles. The topological polar surface area (TPSA) is 47.6 Å². The van der Waals surface area contributed by atoms with Gasteiger partial charge in [0.25, 0.3) is 11.8 Å².